The van der Waals surface area contributed by atoms with Crippen LogP contribution < -0.4 is 0 Å². The summed E-state index contributed by atoms with van der Waals surface area (Å²) in [7, 11) is 0. The summed E-state index contributed by atoms with van der Waals surface area (Å²) in [5.74, 6) is -2.01. The van der Waals surface area contributed by atoms with E-state index in [2.05, 4.69) is 15.2 Å². The SMILES string of the molecule is CCc1c2cc(C)c(F)cc2nn1[C@H](C)[C@](O)(Cn1cncn1)c1ccc(F)cc1F. The summed E-state index contributed by atoms with van der Waals surface area (Å²) in [6.07, 6.45) is 3.26. The van der Waals surface area contributed by atoms with E-state index in [0.717, 1.165) is 23.2 Å². The minimum absolute atomic E-state index is 0.0964. The number of hydrogen-bond acceptors (Lipinski definition) is 4. The molecule has 0 unspecified atom stereocenters. The summed E-state index contributed by atoms with van der Waals surface area (Å²) in [5, 5.41) is 21.1. The van der Waals surface area contributed by atoms with Gasteiger partial charge in [-0.15, -0.1) is 0 Å². The van der Waals surface area contributed by atoms with Crippen LogP contribution in [0.25, 0.3) is 10.9 Å². The average molecular weight is 429 g/mol. The van der Waals surface area contributed by atoms with Gasteiger partial charge in [-0.3, -0.25) is 4.68 Å². The maximum absolute atomic E-state index is 14.8. The Kier molecular flexibility index (Phi) is 5.30. The molecule has 2 aromatic heterocycles. The highest BCUT2D eigenvalue weighted by atomic mass is 19.1. The quantitative estimate of drug-likeness (QED) is 0.502. The fraction of sp³-hybridized carbons (Fsp3) is 0.318. The van der Waals surface area contributed by atoms with Crippen molar-refractivity contribution in [3.63, 3.8) is 0 Å². The summed E-state index contributed by atoms with van der Waals surface area (Å²) < 4.78 is 45.5. The van der Waals surface area contributed by atoms with Crippen molar-refractivity contribution >= 4 is 10.9 Å². The third-order valence-corrected chi connectivity index (χ3v) is 5.74. The second kappa shape index (κ2) is 7.81. The normalized spacial score (nSPS) is 14.7. The highest BCUT2D eigenvalue weighted by Crippen LogP contribution is 2.38. The lowest BCUT2D eigenvalue weighted by Crippen LogP contribution is -2.41. The third kappa shape index (κ3) is 3.59. The molecule has 4 rings (SSSR count). The highest BCUT2D eigenvalue weighted by Gasteiger charge is 2.41. The molecule has 4 aromatic rings. The van der Waals surface area contributed by atoms with Crippen LogP contribution in [-0.4, -0.2) is 29.7 Å². The van der Waals surface area contributed by atoms with Crippen molar-refractivity contribution in [3.8, 4) is 0 Å². The first-order valence-corrected chi connectivity index (χ1v) is 9.92. The van der Waals surface area contributed by atoms with Crippen molar-refractivity contribution in [2.75, 3.05) is 0 Å². The van der Waals surface area contributed by atoms with E-state index in [0.29, 0.717) is 17.5 Å². The van der Waals surface area contributed by atoms with Gasteiger partial charge in [-0.25, -0.2) is 22.8 Å². The molecule has 31 heavy (non-hydrogen) atoms. The molecule has 0 amide bonds. The Bertz CT molecular complexity index is 1240. The molecule has 0 bridgehead atoms. The van der Waals surface area contributed by atoms with Gasteiger partial charge in [-0.05, 0) is 38.0 Å². The van der Waals surface area contributed by atoms with E-state index in [1.807, 2.05) is 6.92 Å². The standard InChI is InChI=1S/C22H22F3N5O/c1-4-21-16-7-13(2)18(24)9-20(16)28-30(21)14(3)22(31,10-29-12-26-11-27-29)17-6-5-15(23)8-19(17)25/h5-9,11-12,14,31H,4,10H2,1-3H3/t14-,22-/m1/s1. The molecule has 0 fully saturated rings. The molecule has 2 atom stereocenters. The number of aromatic nitrogens is 5. The fourth-order valence-corrected chi connectivity index (χ4v) is 4.00. The Morgan fingerprint density at radius 3 is 2.55 bits per heavy atom. The van der Waals surface area contributed by atoms with E-state index in [1.54, 1.807) is 24.6 Å². The molecular weight excluding hydrogens is 407 g/mol. The number of halogens is 3. The van der Waals surface area contributed by atoms with Crippen LogP contribution in [0.5, 0.6) is 0 Å². The van der Waals surface area contributed by atoms with Crippen LogP contribution in [0.4, 0.5) is 13.2 Å². The zero-order valence-corrected chi connectivity index (χ0v) is 17.4. The molecule has 0 radical (unpaired) electrons. The van der Waals surface area contributed by atoms with Gasteiger partial charge in [0.1, 0.15) is 35.7 Å². The number of fused-ring (bicyclic) bond motifs is 1. The Morgan fingerprint density at radius 2 is 1.90 bits per heavy atom. The van der Waals surface area contributed by atoms with Crippen LogP contribution in [0, 0.1) is 24.4 Å². The Morgan fingerprint density at radius 1 is 1.13 bits per heavy atom. The molecule has 9 heteroatoms. The van der Waals surface area contributed by atoms with Crippen LogP contribution in [0.2, 0.25) is 0 Å². The van der Waals surface area contributed by atoms with E-state index in [9.17, 15) is 18.3 Å². The topological polar surface area (TPSA) is 68.8 Å². The minimum Gasteiger partial charge on any atom is -0.381 e. The van der Waals surface area contributed by atoms with Gasteiger partial charge in [0, 0.05) is 28.8 Å². The molecule has 0 spiro atoms. The summed E-state index contributed by atoms with van der Waals surface area (Å²) in [4.78, 5) is 3.88. The zero-order chi connectivity index (χ0) is 22.3. The predicted molar refractivity (Wildman–Crippen MR) is 109 cm³/mol. The predicted octanol–water partition coefficient (Wildman–Crippen LogP) is 4.06. The first-order chi connectivity index (χ1) is 14.7. The van der Waals surface area contributed by atoms with Gasteiger partial charge in [0.2, 0.25) is 0 Å². The molecule has 0 aliphatic carbocycles. The van der Waals surface area contributed by atoms with Crippen molar-refractivity contribution in [3.05, 3.63) is 77.3 Å². The zero-order valence-electron chi connectivity index (χ0n) is 17.4. The lowest BCUT2D eigenvalue weighted by molar-refractivity contribution is -0.0374. The number of benzene rings is 2. The van der Waals surface area contributed by atoms with Crippen LogP contribution >= 0.6 is 0 Å². The fourth-order valence-electron chi connectivity index (χ4n) is 4.00. The van der Waals surface area contributed by atoms with Gasteiger partial charge in [-0.2, -0.15) is 10.2 Å². The second-order valence-electron chi connectivity index (χ2n) is 7.68. The van der Waals surface area contributed by atoms with Crippen molar-refractivity contribution < 1.29 is 18.3 Å². The Balaban J connectivity index is 1.91. The maximum atomic E-state index is 14.8. The maximum Gasteiger partial charge on any atom is 0.137 e. The molecule has 6 nitrogen and oxygen atoms in total. The summed E-state index contributed by atoms with van der Waals surface area (Å²) >= 11 is 0. The van der Waals surface area contributed by atoms with Gasteiger partial charge in [-0.1, -0.05) is 13.0 Å². The lowest BCUT2D eigenvalue weighted by atomic mass is 9.86. The van der Waals surface area contributed by atoms with Gasteiger partial charge >= 0.3 is 0 Å². The highest BCUT2D eigenvalue weighted by molar-refractivity contribution is 5.82. The summed E-state index contributed by atoms with van der Waals surface area (Å²) in [6.45, 7) is 5.13. The van der Waals surface area contributed by atoms with Crippen molar-refractivity contribution in [1.29, 1.82) is 0 Å². The Labute approximate surface area is 177 Å². The molecule has 0 aliphatic heterocycles. The summed E-state index contributed by atoms with van der Waals surface area (Å²) in [5.41, 5.74) is -0.261. The van der Waals surface area contributed by atoms with E-state index in [1.165, 1.54) is 29.5 Å². The van der Waals surface area contributed by atoms with E-state index in [4.69, 9.17) is 0 Å². The van der Waals surface area contributed by atoms with Gasteiger partial charge < -0.3 is 5.11 Å². The van der Waals surface area contributed by atoms with Gasteiger partial charge in [0.15, 0.2) is 0 Å². The first-order valence-electron chi connectivity index (χ1n) is 9.92. The molecule has 0 aliphatic rings. The van der Waals surface area contributed by atoms with E-state index >= 15 is 0 Å². The third-order valence-electron chi connectivity index (χ3n) is 5.74. The molecule has 0 saturated heterocycles. The molecule has 2 heterocycles. The average Bonchev–Trinajstić information content (AvgIpc) is 3.34. The van der Waals surface area contributed by atoms with Gasteiger partial charge in [0.25, 0.3) is 0 Å². The second-order valence-corrected chi connectivity index (χ2v) is 7.68. The molecule has 162 valence electrons. The number of nitrogens with zero attached hydrogens (tertiary/aromatic N) is 5. The molecule has 2 aromatic carbocycles. The van der Waals surface area contributed by atoms with Crippen LogP contribution in [0.15, 0.2) is 43.0 Å². The lowest BCUT2D eigenvalue weighted by Gasteiger charge is -2.35. The number of hydrogen-bond donors (Lipinski definition) is 1. The smallest absolute Gasteiger partial charge is 0.137 e. The summed E-state index contributed by atoms with van der Waals surface area (Å²) in [6, 6.07) is 5.31. The van der Waals surface area contributed by atoms with Gasteiger partial charge in [0.05, 0.1) is 18.1 Å². The first kappa shape index (κ1) is 21.0. The number of aryl methyl sites for hydroxylation is 2. The molecular formula is C22H22F3N5O. The van der Waals surface area contributed by atoms with E-state index in [-0.39, 0.29) is 17.9 Å². The van der Waals surface area contributed by atoms with Crippen molar-refractivity contribution in [1.82, 2.24) is 24.5 Å². The van der Waals surface area contributed by atoms with Crippen LogP contribution in [0.3, 0.4) is 0 Å². The van der Waals surface area contributed by atoms with Crippen LogP contribution in [0.1, 0.15) is 36.7 Å². The monoisotopic (exact) mass is 429 g/mol. The molecule has 0 saturated carbocycles. The van der Waals surface area contributed by atoms with E-state index < -0.39 is 23.3 Å². The number of aliphatic hydroxyl groups is 1. The molecule has 1 N–H and O–H groups in total. The minimum atomic E-state index is -1.86. The number of rotatable bonds is 6. The largest absolute Gasteiger partial charge is 0.381 e. The van der Waals surface area contributed by atoms with Crippen molar-refractivity contribution in [2.45, 2.75) is 45.4 Å². The van der Waals surface area contributed by atoms with Crippen molar-refractivity contribution in [2.24, 2.45) is 0 Å². The van der Waals surface area contributed by atoms with Crippen LogP contribution in [-0.2, 0) is 18.6 Å². The Hall–Kier alpha value is -3.20.